The summed E-state index contributed by atoms with van der Waals surface area (Å²) in [7, 11) is 0. The molecule has 0 heterocycles. The van der Waals surface area contributed by atoms with Gasteiger partial charge in [-0.25, -0.2) is 0 Å². The molecule has 0 spiro atoms. The Morgan fingerprint density at radius 3 is 2.61 bits per heavy atom. The summed E-state index contributed by atoms with van der Waals surface area (Å²) >= 11 is 9.26. The van der Waals surface area contributed by atoms with E-state index in [1.165, 1.54) is 0 Å². The summed E-state index contributed by atoms with van der Waals surface area (Å²) in [6, 6.07) is 12.1. The molecule has 2 aromatic carbocycles. The fraction of sp³-hybridized carbons (Fsp3) is 0. The molecular formula is C13H10BrClN2O. The van der Waals surface area contributed by atoms with Crippen LogP contribution in [0.15, 0.2) is 46.9 Å². The van der Waals surface area contributed by atoms with E-state index in [0.29, 0.717) is 22.0 Å². The maximum atomic E-state index is 12.0. The molecule has 0 atom stereocenters. The average molecular weight is 326 g/mol. The molecule has 0 saturated heterocycles. The molecule has 0 unspecified atom stereocenters. The zero-order valence-corrected chi connectivity index (χ0v) is 11.6. The Labute approximate surface area is 118 Å². The summed E-state index contributed by atoms with van der Waals surface area (Å²) in [4.78, 5) is 12.0. The Bertz CT molecular complexity index is 601. The molecule has 2 rings (SSSR count). The number of anilines is 2. The van der Waals surface area contributed by atoms with Gasteiger partial charge < -0.3 is 11.1 Å². The molecule has 0 bridgehead atoms. The minimum atomic E-state index is -0.284. The maximum Gasteiger partial charge on any atom is 0.257 e. The van der Waals surface area contributed by atoms with Crippen molar-refractivity contribution in [2.24, 2.45) is 0 Å². The van der Waals surface area contributed by atoms with Crippen LogP contribution in [0.25, 0.3) is 0 Å². The highest BCUT2D eigenvalue weighted by molar-refractivity contribution is 9.10. The third kappa shape index (κ3) is 2.83. The molecule has 18 heavy (non-hydrogen) atoms. The van der Waals surface area contributed by atoms with Gasteiger partial charge in [-0.05, 0) is 30.3 Å². The number of nitrogens with one attached hydrogen (secondary N) is 1. The predicted molar refractivity (Wildman–Crippen MR) is 78.0 cm³/mol. The summed E-state index contributed by atoms with van der Waals surface area (Å²) in [6.07, 6.45) is 0. The number of para-hydroxylation sites is 1. The van der Waals surface area contributed by atoms with Gasteiger partial charge in [0.25, 0.3) is 5.91 Å². The molecule has 0 aliphatic carbocycles. The lowest BCUT2D eigenvalue weighted by Crippen LogP contribution is -2.14. The van der Waals surface area contributed by atoms with Crippen LogP contribution in [-0.2, 0) is 0 Å². The summed E-state index contributed by atoms with van der Waals surface area (Å²) in [5.41, 5.74) is 7.18. The summed E-state index contributed by atoms with van der Waals surface area (Å²) in [5.74, 6) is -0.284. The van der Waals surface area contributed by atoms with Crippen LogP contribution in [0, 0.1) is 0 Å². The van der Waals surface area contributed by atoms with E-state index in [0.717, 1.165) is 4.47 Å². The minimum absolute atomic E-state index is 0.284. The zero-order chi connectivity index (χ0) is 13.1. The first-order valence-electron chi connectivity index (χ1n) is 5.19. The highest BCUT2D eigenvalue weighted by Gasteiger charge is 2.11. The first-order chi connectivity index (χ1) is 8.58. The van der Waals surface area contributed by atoms with Gasteiger partial charge in [-0.1, -0.05) is 39.7 Å². The molecule has 1 amide bonds. The van der Waals surface area contributed by atoms with Crippen molar-refractivity contribution in [1.29, 1.82) is 0 Å². The van der Waals surface area contributed by atoms with Crippen molar-refractivity contribution in [3.8, 4) is 0 Å². The molecule has 0 aliphatic heterocycles. The molecule has 3 nitrogen and oxygen atoms in total. The van der Waals surface area contributed by atoms with Crippen LogP contribution in [0.3, 0.4) is 0 Å². The van der Waals surface area contributed by atoms with E-state index in [9.17, 15) is 4.79 Å². The SMILES string of the molecule is Nc1cc(Br)ccc1C(=O)Nc1ccccc1Cl. The number of carbonyl (C=O) groups excluding carboxylic acids is 1. The second kappa shape index (κ2) is 5.42. The number of nitrogen functional groups attached to an aromatic ring is 1. The predicted octanol–water partition coefficient (Wildman–Crippen LogP) is 3.94. The van der Waals surface area contributed by atoms with E-state index in [4.69, 9.17) is 17.3 Å². The van der Waals surface area contributed by atoms with E-state index in [-0.39, 0.29) is 5.91 Å². The number of halogens is 2. The summed E-state index contributed by atoms with van der Waals surface area (Å²) in [5, 5.41) is 3.21. The van der Waals surface area contributed by atoms with Crippen molar-refractivity contribution in [2.45, 2.75) is 0 Å². The van der Waals surface area contributed by atoms with E-state index in [1.807, 2.05) is 0 Å². The van der Waals surface area contributed by atoms with Gasteiger partial charge in [-0.2, -0.15) is 0 Å². The third-order valence-corrected chi connectivity index (χ3v) is 3.20. The molecular weight excluding hydrogens is 316 g/mol. The average Bonchev–Trinajstić information content (AvgIpc) is 2.32. The van der Waals surface area contributed by atoms with E-state index in [1.54, 1.807) is 42.5 Å². The molecule has 92 valence electrons. The fourth-order valence-electron chi connectivity index (χ4n) is 1.49. The molecule has 3 N–H and O–H groups in total. The van der Waals surface area contributed by atoms with Gasteiger partial charge in [0.15, 0.2) is 0 Å². The number of rotatable bonds is 2. The topological polar surface area (TPSA) is 55.1 Å². The van der Waals surface area contributed by atoms with Crippen molar-refractivity contribution >= 4 is 44.8 Å². The van der Waals surface area contributed by atoms with Crippen molar-refractivity contribution < 1.29 is 4.79 Å². The Balaban J connectivity index is 2.25. The van der Waals surface area contributed by atoms with E-state index < -0.39 is 0 Å². The summed E-state index contributed by atoms with van der Waals surface area (Å²) < 4.78 is 0.828. The number of hydrogen-bond acceptors (Lipinski definition) is 2. The number of nitrogens with two attached hydrogens (primary N) is 1. The number of amides is 1. The number of carbonyl (C=O) groups is 1. The van der Waals surface area contributed by atoms with Crippen molar-refractivity contribution in [2.75, 3.05) is 11.1 Å². The van der Waals surface area contributed by atoms with Crippen LogP contribution in [0.5, 0.6) is 0 Å². The lowest BCUT2D eigenvalue weighted by Gasteiger charge is -2.09. The Morgan fingerprint density at radius 1 is 1.22 bits per heavy atom. The van der Waals surface area contributed by atoms with Gasteiger partial charge in [-0.15, -0.1) is 0 Å². The normalized spacial score (nSPS) is 10.1. The smallest absolute Gasteiger partial charge is 0.257 e. The largest absolute Gasteiger partial charge is 0.398 e. The van der Waals surface area contributed by atoms with E-state index in [2.05, 4.69) is 21.2 Å². The fourth-order valence-corrected chi connectivity index (χ4v) is 2.05. The van der Waals surface area contributed by atoms with Crippen LogP contribution < -0.4 is 11.1 Å². The Hall–Kier alpha value is -1.52. The molecule has 0 saturated carbocycles. The Morgan fingerprint density at radius 2 is 1.94 bits per heavy atom. The first-order valence-corrected chi connectivity index (χ1v) is 6.36. The van der Waals surface area contributed by atoms with Gasteiger partial charge >= 0.3 is 0 Å². The Kier molecular flexibility index (Phi) is 3.89. The molecule has 0 fully saturated rings. The molecule has 2 aromatic rings. The molecule has 0 radical (unpaired) electrons. The highest BCUT2D eigenvalue weighted by Crippen LogP contribution is 2.23. The lowest BCUT2D eigenvalue weighted by molar-refractivity contribution is 0.102. The lowest BCUT2D eigenvalue weighted by atomic mass is 10.1. The van der Waals surface area contributed by atoms with Crippen molar-refractivity contribution in [1.82, 2.24) is 0 Å². The van der Waals surface area contributed by atoms with Crippen LogP contribution in [0.4, 0.5) is 11.4 Å². The van der Waals surface area contributed by atoms with Crippen LogP contribution >= 0.6 is 27.5 Å². The molecule has 0 aliphatic rings. The highest BCUT2D eigenvalue weighted by atomic mass is 79.9. The standard InChI is InChI=1S/C13H10BrClN2O/c14-8-5-6-9(11(16)7-8)13(18)17-12-4-2-1-3-10(12)15/h1-7H,16H2,(H,17,18). The third-order valence-electron chi connectivity index (χ3n) is 2.38. The zero-order valence-electron chi connectivity index (χ0n) is 9.28. The molecule has 5 heteroatoms. The van der Waals surface area contributed by atoms with Gasteiger partial charge in [0.05, 0.1) is 16.3 Å². The van der Waals surface area contributed by atoms with Gasteiger partial charge in [0, 0.05) is 10.2 Å². The number of hydrogen-bond donors (Lipinski definition) is 2. The van der Waals surface area contributed by atoms with Gasteiger partial charge in [0.1, 0.15) is 0 Å². The second-order valence-electron chi connectivity index (χ2n) is 3.67. The minimum Gasteiger partial charge on any atom is -0.398 e. The molecule has 0 aromatic heterocycles. The second-order valence-corrected chi connectivity index (χ2v) is 4.99. The quantitative estimate of drug-likeness (QED) is 0.822. The maximum absolute atomic E-state index is 12.0. The monoisotopic (exact) mass is 324 g/mol. The van der Waals surface area contributed by atoms with Crippen molar-refractivity contribution in [3.05, 3.63) is 57.5 Å². The van der Waals surface area contributed by atoms with Crippen LogP contribution in [-0.4, -0.2) is 5.91 Å². The first kappa shape index (κ1) is 12.9. The number of benzene rings is 2. The summed E-state index contributed by atoms with van der Waals surface area (Å²) in [6.45, 7) is 0. The van der Waals surface area contributed by atoms with E-state index >= 15 is 0 Å². The van der Waals surface area contributed by atoms with Crippen LogP contribution in [0.1, 0.15) is 10.4 Å². The van der Waals surface area contributed by atoms with Crippen LogP contribution in [0.2, 0.25) is 5.02 Å². The van der Waals surface area contributed by atoms with Gasteiger partial charge in [-0.3, -0.25) is 4.79 Å². The van der Waals surface area contributed by atoms with Crippen molar-refractivity contribution in [3.63, 3.8) is 0 Å². The van der Waals surface area contributed by atoms with Gasteiger partial charge in [0.2, 0.25) is 0 Å².